The summed E-state index contributed by atoms with van der Waals surface area (Å²) in [6, 6.07) is 8.44. The SMILES string of the molecule is O=C(COC(=O)c1ccc(CO)cc1)Nc1ccnn1C1CCCC1. The van der Waals surface area contributed by atoms with E-state index in [1.165, 1.54) is 12.8 Å². The normalized spacial score (nSPS) is 14.4. The lowest BCUT2D eigenvalue weighted by Gasteiger charge is -2.14. The van der Waals surface area contributed by atoms with E-state index in [4.69, 9.17) is 9.84 Å². The van der Waals surface area contributed by atoms with Gasteiger partial charge in [0.25, 0.3) is 5.91 Å². The van der Waals surface area contributed by atoms with E-state index in [0.717, 1.165) is 12.8 Å². The second kappa shape index (κ2) is 7.94. The van der Waals surface area contributed by atoms with Gasteiger partial charge in [0.05, 0.1) is 24.4 Å². The molecular formula is C18H21N3O4. The summed E-state index contributed by atoms with van der Waals surface area (Å²) in [6.45, 7) is -0.456. The maximum absolute atomic E-state index is 12.1. The van der Waals surface area contributed by atoms with Crippen LogP contribution in [0.25, 0.3) is 0 Å². The monoisotopic (exact) mass is 343 g/mol. The first kappa shape index (κ1) is 17.2. The number of hydrogen-bond acceptors (Lipinski definition) is 5. The first-order chi connectivity index (χ1) is 12.2. The first-order valence-electron chi connectivity index (χ1n) is 8.37. The average molecular weight is 343 g/mol. The van der Waals surface area contributed by atoms with Crippen LogP contribution >= 0.6 is 0 Å². The number of aliphatic hydroxyl groups is 1. The van der Waals surface area contributed by atoms with Crippen LogP contribution in [0.15, 0.2) is 36.5 Å². The fourth-order valence-corrected chi connectivity index (χ4v) is 2.99. The van der Waals surface area contributed by atoms with Gasteiger partial charge in [-0.15, -0.1) is 0 Å². The van der Waals surface area contributed by atoms with Crippen molar-refractivity contribution < 1.29 is 19.4 Å². The summed E-state index contributed by atoms with van der Waals surface area (Å²) in [6.07, 6.45) is 6.12. The van der Waals surface area contributed by atoms with Crippen LogP contribution in [0.4, 0.5) is 5.82 Å². The quantitative estimate of drug-likeness (QED) is 0.785. The maximum atomic E-state index is 12.1. The Morgan fingerprint density at radius 2 is 1.92 bits per heavy atom. The van der Waals surface area contributed by atoms with Crippen LogP contribution in [-0.4, -0.2) is 33.4 Å². The molecule has 0 saturated heterocycles. The number of benzene rings is 1. The summed E-state index contributed by atoms with van der Waals surface area (Å²) < 4.78 is 6.87. The van der Waals surface area contributed by atoms with Gasteiger partial charge in [0.1, 0.15) is 5.82 Å². The van der Waals surface area contributed by atoms with E-state index in [2.05, 4.69) is 10.4 Å². The zero-order chi connectivity index (χ0) is 17.6. The first-order valence-corrected chi connectivity index (χ1v) is 8.37. The molecule has 7 heteroatoms. The lowest BCUT2D eigenvalue weighted by atomic mass is 10.1. The van der Waals surface area contributed by atoms with Crippen LogP contribution in [0.5, 0.6) is 0 Å². The number of esters is 1. The van der Waals surface area contributed by atoms with Crippen LogP contribution in [0, 0.1) is 0 Å². The van der Waals surface area contributed by atoms with Crippen molar-refractivity contribution in [3.05, 3.63) is 47.7 Å². The molecule has 3 rings (SSSR count). The molecule has 1 amide bonds. The van der Waals surface area contributed by atoms with E-state index >= 15 is 0 Å². The Bertz CT molecular complexity index is 733. The number of rotatable bonds is 6. The highest BCUT2D eigenvalue weighted by Gasteiger charge is 2.20. The summed E-state index contributed by atoms with van der Waals surface area (Å²) in [5, 5.41) is 16.0. The molecular weight excluding hydrogens is 322 g/mol. The number of aliphatic hydroxyl groups excluding tert-OH is 1. The van der Waals surface area contributed by atoms with Gasteiger partial charge in [-0.1, -0.05) is 25.0 Å². The van der Waals surface area contributed by atoms with Gasteiger partial charge >= 0.3 is 5.97 Å². The smallest absolute Gasteiger partial charge is 0.338 e. The minimum atomic E-state index is -0.580. The topological polar surface area (TPSA) is 93.5 Å². The molecule has 132 valence electrons. The van der Waals surface area contributed by atoms with Gasteiger partial charge in [-0.25, -0.2) is 9.48 Å². The fourth-order valence-electron chi connectivity index (χ4n) is 2.99. The average Bonchev–Trinajstić information content (AvgIpc) is 3.31. The predicted molar refractivity (Wildman–Crippen MR) is 91.0 cm³/mol. The van der Waals surface area contributed by atoms with Crippen LogP contribution in [-0.2, 0) is 16.1 Å². The van der Waals surface area contributed by atoms with Crippen LogP contribution in [0.3, 0.4) is 0 Å². The molecule has 2 N–H and O–H groups in total. The highest BCUT2D eigenvalue weighted by atomic mass is 16.5. The Hall–Kier alpha value is -2.67. The Morgan fingerprint density at radius 1 is 1.20 bits per heavy atom. The van der Waals surface area contributed by atoms with E-state index in [1.807, 2.05) is 4.68 Å². The number of anilines is 1. The molecule has 0 spiro atoms. The zero-order valence-corrected chi connectivity index (χ0v) is 13.9. The third-order valence-electron chi connectivity index (χ3n) is 4.31. The van der Waals surface area contributed by atoms with Crippen LogP contribution in [0.2, 0.25) is 0 Å². The largest absolute Gasteiger partial charge is 0.452 e. The van der Waals surface area contributed by atoms with E-state index in [1.54, 1.807) is 36.5 Å². The Morgan fingerprint density at radius 3 is 2.60 bits per heavy atom. The van der Waals surface area contributed by atoms with Crippen molar-refractivity contribution in [2.24, 2.45) is 0 Å². The second-order valence-corrected chi connectivity index (χ2v) is 6.08. The molecule has 1 aliphatic rings. The molecule has 25 heavy (non-hydrogen) atoms. The van der Waals surface area contributed by atoms with Crippen molar-refractivity contribution >= 4 is 17.7 Å². The number of hydrogen-bond donors (Lipinski definition) is 2. The van der Waals surface area contributed by atoms with Crippen molar-refractivity contribution in [1.29, 1.82) is 0 Å². The number of nitrogens with one attached hydrogen (secondary N) is 1. The van der Waals surface area contributed by atoms with Gasteiger partial charge in [0.15, 0.2) is 6.61 Å². The molecule has 1 fully saturated rings. The molecule has 0 radical (unpaired) electrons. The summed E-state index contributed by atoms with van der Waals surface area (Å²) in [7, 11) is 0. The Labute approximate surface area is 145 Å². The molecule has 1 heterocycles. The number of nitrogens with zero attached hydrogens (tertiary/aromatic N) is 2. The van der Waals surface area contributed by atoms with E-state index in [9.17, 15) is 9.59 Å². The number of carbonyl (C=O) groups is 2. The van der Waals surface area contributed by atoms with E-state index in [0.29, 0.717) is 23.0 Å². The van der Waals surface area contributed by atoms with Gasteiger partial charge in [-0.2, -0.15) is 5.10 Å². The molecule has 0 unspecified atom stereocenters. The number of aromatic nitrogens is 2. The molecule has 0 atom stereocenters. The second-order valence-electron chi connectivity index (χ2n) is 6.08. The fraction of sp³-hybridized carbons (Fsp3) is 0.389. The van der Waals surface area contributed by atoms with Crippen molar-refractivity contribution in [3.63, 3.8) is 0 Å². The van der Waals surface area contributed by atoms with Gasteiger partial charge in [0.2, 0.25) is 0 Å². The number of ether oxygens (including phenoxy) is 1. The van der Waals surface area contributed by atoms with Gasteiger partial charge in [-0.05, 0) is 30.5 Å². The third-order valence-corrected chi connectivity index (χ3v) is 4.31. The number of carbonyl (C=O) groups excluding carboxylic acids is 2. The van der Waals surface area contributed by atoms with Crippen molar-refractivity contribution in [1.82, 2.24) is 9.78 Å². The number of amides is 1. The summed E-state index contributed by atoms with van der Waals surface area (Å²) in [5.41, 5.74) is 1.04. The highest BCUT2D eigenvalue weighted by Crippen LogP contribution is 2.31. The summed E-state index contributed by atoms with van der Waals surface area (Å²) in [4.78, 5) is 24.0. The van der Waals surface area contributed by atoms with E-state index in [-0.39, 0.29) is 13.2 Å². The van der Waals surface area contributed by atoms with Crippen molar-refractivity contribution in [2.75, 3.05) is 11.9 Å². The molecule has 2 aromatic rings. The van der Waals surface area contributed by atoms with Crippen molar-refractivity contribution in [2.45, 2.75) is 38.3 Å². The Balaban J connectivity index is 1.52. The predicted octanol–water partition coefficient (Wildman–Crippen LogP) is 2.29. The minimum absolute atomic E-state index is 0.0909. The van der Waals surface area contributed by atoms with Gasteiger partial charge in [0, 0.05) is 6.07 Å². The maximum Gasteiger partial charge on any atom is 0.338 e. The molecule has 1 aromatic carbocycles. The molecule has 7 nitrogen and oxygen atoms in total. The van der Waals surface area contributed by atoms with Gasteiger partial charge < -0.3 is 15.2 Å². The van der Waals surface area contributed by atoms with Crippen molar-refractivity contribution in [3.8, 4) is 0 Å². The molecule has 1 saturated carbocycles. The minimum Gasteiger partial charge on any atom is -0.452 e. The molecule has 0 aliphatic heterocycles. The standard InChI is InChI=1S/C18H21N3O4/c22-11-13-5-7-14(8-6-13)18(24)25-12-17(23)20-16-9-10-19-21(16)15-3-1-2-4-15/h5-10,15,22H,1-4,11-12H2,(H,20,23). The van der Waals surface area contributed by atoms with Crippen LogP contribution < -0.4 is 5.32 Å². The molecule has 1 aromatic heterocycles. The summed E-state index contributed by atoms with van der Waals surface area (Å²) >= 11 is 0. The molecule has 1 aliphatic carbocycles. The summed E-state index contributed by atoms with van der Waals surface area (Å²) in [5.74, 6) is -0.357. The molecule has 0 bridgehead atoms. The third kappa shape index (κ3) is 4.24. The zero-order valence-electron chi connectivity index (χ0n) is 13.9. The lowest BCUT2D eigenvalue weighted by Crippen LogP contribution is -2.23. The van der Waals surface area contributed by atoms with Gasteiger partial charge in [-0.3, -0.25) is 4.79 Å². The highest BCUT2D eigenvalue weighted by molar-refractivity contribution is 5.95. The Kier molecular flexibility index (Phi) is 5.45. The van der Waals surface area contributed by atoms with E-state index < -0.39 is 11.9 Å². The van der Waals surface area contributed by atoms with Crippen LogP contribution in [0.1, 0.15) is 47.6 Å². The lowest BCUT2D eigenvalue weighted by molar-refractivity contribution is -0.119.